The van der Waals surface area contributed by atoms with Gasteiger partial charge in [-0.05, 0) is 29.3 Å². The number of fused-ring (bicyclic) bond motifs is 2. The summed E-state index contributed by atoms with van der Waals surface area (Å²) in [6.07, 6.45) is 0. The lowest BCUT2D eigenvalue weighted by molar-refractivity contribution is -0.120. The van der Waals surface area contributed by atoms with Gasteiger partial charge in [-0.2, -0.15) is 4.98 Å². The van der Waals surface area contributed by atoms with Crippen LogP contribution in [0.15, 0.2) is 64.2 Å². The molecule has 0 radical (unpaired) electrons. The lowest BCUT2D eigenvalue weighted by Gasteiger charge is -2.37. The van der Waals surface area contributed by atoms with Crippen molar-refractivity contribution in [3.05, 3.63) is 86.3 Å². The summed E-state index contributed by atoms with van der Waals surface area (Å²) in [4.78, 5) is 44.7. The Morgan fingerprint density at radius 2 is 1.76 bits per heavy atom. The van der Waals surface area contributed by atoms with Crippen LogP contribution in [0.4, 0.5) is 5.69 Å². The molecule has 2 aromatic heterocycles. The van der Waals surface area contributed by atoms with E-state index in [2.05, 4.69) is 4.98 Å². The van der Waals surface area contributed by atoms with E-state index >= 15 is 0 Å². The lowest BCUT2D eigenvalue weighted by atomic mass is 10.0. The number of imidazole rings is 1. The maximum atomic E-state index is 13.7. The highest BCUT2D eigenvalue weighted by Gasteiger charge is 2.34. The number of rotatable bonds is 3. The average Bonchev–Trinajstić information content (AvgIpc) is 3.17. The molecule has 0 N–H and O–H groups in total. The average molecular weight is 466 g/mol. The van der Waals surface area contributed by atoms with Gasteiger partial charge in [0.25, 0.3) is 5.56 Å². The molecule has 0 aliphatic carbocycles. The van der Waals surface area contributed by atoms with E-state index in [1.807, 2.05) is 54.6 Å². The molecular weight excluding hydrogens is 446 g/mol. The fourth-order valence-corrected chi connectivity index (χ4v) is 4.42. The van der Waals surface area contributed by atoms with Crippen molar-refractivity contribution < 1.29 is 9.53 Å². The number of hydrogen-bond acceptors (Lipinski definition) is 5. The minimum atomic E-state index is -0.567. The maximum absolute atomic E-state index is 13.7. The minimum absolute atomic E-state index is 0.0468. The first-order valence-corrected chi connectivity index (χ1v) is 10.7. The summed E-state index contributed by atoms with van der Waals surface area (Å²) in [6, 6.07) is 16.5. The Morgan fingerprint density at radius 1 is 1.06 bits per heavy atom. The third-order valence-electron chi connectivity index (χ3n) is 5.88. The van der Waals surface area contributed by atoms with Gasteiger partial charge in [0.1, 0.15) is 18.9 Å². The zero-order chi connectivity index (χ0) is 23.3. The Bertz CT molecular complexity index is 1510. The van der Waals surface area contributed by atoms with Gasteiger partial charge in [-0.15, -0.1) is 0 Å². The fraction of sp³-hybridized carbons (Fsp3) is 0.217. The molecule has 9 nitrogen and oxygen atoms in total. The topological polar surface area (TPSA) is 91.4 Å². The van der Waals surface area contributed by atoms with Crippen molar-refractivity contribution in [1.82, 2.24) is 18.7 Å². The van der Waals surface area contributed by atoms with Crippen LogP contribution in [-0.4, -0.2) is 31.2 Å². The van der Waals surface area contributed by atoms with Gasteiger partial charge in [-0.3, -0.25) is 28.2 Å². The molecule has 0 spiro atoms. The number of carbonyl (C=O) groups is 1. The molecule has 3 heterocycles. The van der Waals surface area contributed by atoms with Gasteiger partial charge in [-0.1, -0.05) is 42.5 Å². The highest BCUT2D eigenvalue weighted by molar-refractivity contribution is 6.29. The second kappa shape index (κ2) is 7.93. The third-order valence-corrected chi connectivity index (χ3v) is 6.17. The van der Waals surface area contributed by atoms with Crippen LogP contribution in [0.1, 0.15) is 11.6 Å². The number of hydrogen-bond donors (Lipinski definition) is 0. The van der Waals surface area contributed by atoms with Crippen LogP contribution in [0.25, 0.3) is 11.2 Å². The van der Waals surface area contributed by atoms with Crippen molar-refractivity contribution in [1.29, 1.82) is 0 Å². The van der Waals surface area contributed by atoms with Crippen molar-refractivity contribution in [3.63, 3.8) is 0 Å². The summed E-state index contributed by atoms with van der Waals surface area (Å²) in [5, 5.41) is -0.0468. The highest BCUT2D eigenvalue weighted by Crippen LogP contribution is 2.39. The van der Waals surface area contributed by atoms with E-state index in [1.54, 1.807) is 4.90 Å². The Balaban J connectivity index is 1.63. The molecule has 1 atom stereocenters. The molecular formula is C23H20ClN5O4. The summed E-state index contributed by atoms with van der Waals surface area (Å²) in [7, 11) is 2.88. The molecule has 0 saturated carbocycles. The number of carbonyl (C=O) groups excluding carboxylic acids is 1. The van der Waals surface area contributed by atoms with E-state index in [0.717, 1.165) is 10.1 Å². The summed E-state index contributed by atoms with van der Waals surface area (Å²) in [6.45, 7) is 0.0435. The van der Waals surface area contributed by atoms with Crippen molar-refractivity contribution in [2.24, 2.45) is 14.1 Å². The molecule has 33 heavy (non-hydrogen) atoms. The van der Waals surface area contributed by atoms with Crippen molar-refractivity contribution in [2.75, 3.05) is 11.5 Å². The molecule has 5 rings (SSSR count). The second-order valence-corrected chi connectivity index (χ2v) is 8.15. The first-order chi connectivity index (χ1) is 15.9. The molecule has 10 heteroatoms. The number of aromatic nitrogens is 4. The molecule has 1 aliphatic heterocycles. The Kier molecular flexibility index (Phi) is 5.05. The predicted octanol–water partition coefficient (Wildman–Crippen LogP) is 2.25. The SMILES string of the molecule is Cn1c(=O)c2c(nc(Cl)n2CC(=O)N2c3ccccc3OC[C@H]2c2ccccc2)n(C)c1=O. The number of benzene rings is 2. The standard InChI is InChI=1S/C23H20ClN5O4/c1-26-20-19(21(31)27(2)23(26)32)28(22(24)25-20)12-18(30)29-15-10-6-7-11-17(15)33-13-16(29)14-8-4-3-5-9-14/h3-11,16H,12-13H2,1-2H3/t16-/m0/s1. The Labute approximate surface area is 193 Å². The van der Waals surface area contributed by atoms with Crippen LogP contribution >= 0.6 is 11.6 Å². The number of halogens is 1. The smallest absolute Gasteiger partial charge is 0.332 e. The van der Waals surface area contributed by atoms with Crippen molar-refractivity contribution in [2.45, 2.75) is 12.6 Å². The molecule has 2 aromatic carbocycles. The molecule has 4 aromatic rings. The molecule has 0 bridgehead atoms. The number of aryl methyl sites for hydroxylation is 1. The third kappa shape index (κ3) is 3.32. The Hall–Kier alpha value is -3.85. The number of nitrogens with zero attached hydrogens (tertiary/aromatic N) is 5. The van der Waals surface area contributed by atoms with Gasteiger partial charge >= 0.3 is 5.69 Å². The number of ether oxygens (including phenoxy) is 1. The van der Waals surface area contributed by atoms with E-state index in [0.29, 0.717) is 11.4 Å². The minimum Gasteiger partial charge on any atom is -0.489 e. The van der Waals surface area contributed by atoms with Crippen molar-refractivity contribution in [3.8, 4) is 5.75 Å². The van der Waals surface area contributed by atoms with Crippen LogP contribution in [0, 0.1) is 0 Å². The maximum Gasteiger partial charge on any atom is 0.332 e. The van der Waals surface area contributed by atoms with E-state index in [-0.39, 0.29) is 41.5 Å². The summed E-state index contributed by atoms with van der Waals surface area (Å²) >= 11 is 6.35. The predicted molar refractivity (Wildman–Crippen MR) is 124 cm³/mol. The number of amides is 1. The van der Waals surface area contributed by atoms with Crippen LogP contribution < -0.4 is 20.9 Å². The van der Waals surface area contributed by atoms with Crippen LogP contribution in [0.5, 0.6) is 5.75 Å². The lowest BCUT2D eigenvalue weighted by Crippen LogP contribution is -2.43. The second-order valence-electron chi connectivity index (χ2n) is 7.81. The quantitative estimate of drug-likeness (QED) is 0.433. The molecule has 1 amide bonds. The molecule has 168 valence electrons. The first-order valence-electron chi connectivity index (χ1n) is 10.3. The zero-order valence-corrected chi connectivity index (χ0v) is 18.7. The van der Waals surface area contributed by atoms with E-state index in [9.17, 15) is 14.4 Å². The van der Waals surface area contributed by atoms with E-state index < -0.39 is 11.2 Å². The largest absolute Gasteiger partial charge is 0.489 e. The van der Waals surface area contributed by atoms with Gasteiger partial charge < -0.3 is 4.74 Å². The monoisotopic (exact) mass is 465 g/mol. The molecule has 0 fully saturated rings. The molecule has 1 aliphatic rings. The number of anilines is 1. The van der Waals surface area contributed by atoms with Gasteiger partial charge in [-0.25, -0.2) is 4.79 Å². The van der Waals surface area contributed by atoms with Crippen LogP contribution in [0.3, 0.4) is 0 Å². The van der Waals surface area contributed by atoms with E-state index in [1.165, 1.54) is 23.2 Å². The van der Waals surface area contributed by atoms with Gasteiger partial charge in [0.2, 0.25) is 11.2 Å². The van der Waals surface area contributed by atoms with Crippen LogP contribution in [0.2, 0.25) is 5.28 Å². The van der Waals surface area contributed by atoms with Crippen molar-refractivity contribution >= 4 is 34.4 Å². The van der Waals surface area contributed by atoms with E-state index in [4.69, 9.17) is 16.3 Å². The summed E-state index contributed by atoms with van der Waals surface area (Å²) < 4.78 is 9.49. The fourth-order valence-electron chi connectivity index (χ4n) is 4.19. The van der Waals surface area contributed by atoms with Gasteiger partial charge in [0.15, 0.2) is 11.2 Å². The van der Waals surface area contributed by atoms with Crippen LogP contribution in [-0.2, 0) is 25.4 Å². The molecule has 0 unspecified atom stereocenters. The van der Waals surface area contributed by atoms with Gasteiger partial charge in [0, 0.05) is 14.1 Å². The first kappa shape index (κ1) is 21.0. The normalized spacial score (nSPS) is 15.4. The highest BCUT2D eigenvalue weighted by atomic mass is 35.5. The number of para-hydroxylation sites is 2. The Morgan fingerprint density at radius 3 is 2.52 bits per heavy atom. The summed E-state index contributed by atoms with van der Waals surface area (Å²) in [5.41, 5.74) is 0.677. The zero-order valence-electron chi connectivity index (χ0n) is 17.9. The summed E-state index contributed by atoms with van der Waals surface area (Å²) in [5.74, 6) is 0.301. The van der Waals surface area contributed by atoms with Gasteiger partial charge in [0.05, 0.1) is 11.7 Å². The molecule has 0 saturated heterocycles.